The van der Waals surface area contributed by atoms with E-state index in [-0.39, 0.29) is 42.6 Å². The number of aromatic nitrogens is 1. The molecule has 0 aliphatic heterocycles. The molecule has 0 bridgehead atoms. The highest BCUT2D eigenvalue weighted by atomic mass is 32.1. The summed E-state index contributed by atoms with van der Waals surface area (Å²) < 4.78 is 7.71. The number of ketones is 1. The highest BCUT2D eigenvalue weighted by molar-refractivity contribution is 7.17. The normalized spacial score (nSPS) is 17.9. The molecule has 1 amide bonds. The van der Waals surface area contributed by atoms with E-state index in [1.807, 2.05) is 53.3 Å². The van der Waals surface area contributed by atoms with E-state index in [1.54, 1.807) is 16.2 Å². The third kappa shape index (κ3) is 5.49. The Morgan fingerprint density at radius 1 is 1.11 bits per heavy atom. The fourth-order valence-corrected chi connectivity index (χ4v) is 5.84. The lowest BCUT2D eigenvalue weighted by atomic mass is 9.79. The van der Waals surface area contributed by atoms with Crippen molar-refractivity contribution < 1.29 is 24.2 Å². The number of methoxy groups -OCH3 is 1. The minimum atomic E-state index is -0.158. The van der Waals surface area contributed by atoms with Crippen LogP contribution in [0.1, 0.15) is 55.1 Å². The van der Waals surface area contributed by atoms with Crippen LogP contribution in [0.3, 0.4) is 0 Å². The number of hydrogen-bond donors (Lipinski definition) is 1. The number of aliphatic hydroxyl groups excluding tert-OH is 1. The molecule has 0 radical (unpaired) electrons. The zero-order valence-corrected chi connectivity index (χ0v) is 21.1. The first-order chi connectivity index (χ1) is 16.9. The molecule has 0 saturated heterocycles. The number of thiophene rings is 1. The van der Waals surface area contributed by atoms with Crippen molar-refractivity contribution in [3.63, 3.8) is 0 Å². The predicted octanol–water partition coefficient (Wildman–Crippen LogP) is 4.80. The number of nitrogens with zero attached hydrogens (tertiary/aromatic N) is 2. The number of carbonyl (C=O) groups excluding carboxylic acids is 3. The topological polar surface area (TPSA) is 88.8 Å². The first-order valence-electron chi connectivity index (χ1n) is 12.1. The van der Waals surface area contributed by atoms with Crippen molar-refractivity contribution in [2.45, 2.75) is 52.2 Å². The number of benzene rings is 1. The van der Waals surface area contributed by atoms with Crippen molar-refractivity contribution >= 4 is 44.9 Å². The van der Waals surface area contributed by atoms with Gasteiger partial charge in [-0.2, -0.15) is 0 Å². The summed E-state index contributed by atoms with van der Waals surface area (Å²) >= 11 is 1.56. The van der Waals surface area contributed by atoms with E-state index >= 15 is 0 Å². The summed E-state index contributed by atoms with van der Waals surface area (Å²) in [5, 5.41) is 11.3. The third-order valence-electron chi connectivity index (χ3n) is 7.01. The van der Waals surface area contributed by atoms with Crippen LogP contribution in [-0.2, 0) is 27.5 Å². The van der Waals surface area contributed by atoms with Crippen molar-refractivity contribution in [2.75, 3.05) is 18.6 Å². The first kappa shape index (κ1) is 25.1. The van der Waals surface area contributed by atoms with Gasteiger partial charge in [0.15, 0.2) is 5.78 Å². The van der Waals surface area contributed by atoms with Gasteiger partial charge in [-0.15, -0.1) is 11.3 Å². The lowest BCUT2D eigenvalue weighted by Gasteiger charge is -2.26. The van der Waals surface area contributed by atoms with E-state index in [2.05, 4.69) is 0 Å². The Labute approximate surface area is 209 Å². The van der Waals surface area contributed by atoms with E-state index in [9.17, 15) is 19.5 Å². The largest absolute Gasteiger partial charge is 0.469 e. The van der Waals surface area contributed by atoms with Crippen molar-refractivity contribution in [1.82, 2.24) is 4.57 Å². The van der Waals surface area contributed by atoms with Gasteiger partial charge in [0.25, 0.3) is 0 Å². The molecule has 1 aliphatic carbocycles. The van der Waals surface area contributed by atoms with Crippen LogP contribution in [0.2, 0.25) is 0 Å². The minimum absolute atomic E-state index is 0.0399. The van der Waals surface area contributed by atoms with Gasteiger partial charge in [0.2, 0.25) is 5.91 Å². The molecule has 0 unspecified atom stereocenters. The smallest absolute Gasteiger partial charge is 0.308 e. The van der Waals surface area contributed by atoms with Crippen LogP contribution in [0.5, 0.6) is 0 Å². The second-order valence-electron chi connectivity index (χ2n) is 9.12. The molecular formula is C27H32N2O5S. The second-order valence-corrected chi connectivity index (χ2v) is 10.1. The molecule has 186 valence electrons. The van der Waals surface area contributed by atoms with E-state index < -0.39 is 0 Å². The van der Waals surface area contributed by atoms with Gasteiger partial charge in [0, 0.05) is 18.7 Å². The van der Waals surface area contributed by atoms with Crippen LogP contribution < -0.4 is 4.90 Å². The van der Waals surface area contributed by atoms with E-state index in [1.165, 1.54) is 7.11 Å². The fourth-order valence-electron chi connectivity index (χ4n) is 5.02. The quantitative estimate of drug-likeness (QED) is 0.340. The number of aliphatic hydroxyl groups is 1. The van der Waals surface area contributed by atoms with Gasteiger partial charge < -0.3 is 19.3 Å². The summed E-state index contributed by atoms with van der Waals surface area (Å²) in [5.74, 6) is -0.0464. The summed E-state index contributed by atoms with van der Waals surface area (Å²) in [6, 6.07) is 11.1. The summed E-state index contributed by atoms with van der Waals surface area (Å²) in [6.45, 7) is 2.45. The first-order valence-corrected chi connectivity index (χ1v) is 13.0. The number of anilines is 1. The van der Waals surface area contributed by atoms with Gasteiger partial charge in [-0.1, -0.05) is 12.1 Å². The van der Waals surface area contributed by atoms with Crippen molar-refractivity contribution in [1.29, 1.82) is 0 Å². The maximum absolute atomic E-state index is 13.4. The van der Waals surface area contributed by atoms with Crippen molar-refractivity contribution in [2.24, 2.45) is 11.8 Å². The average Bonchev–Trinajstić information content (AvgIpc) is 3.47. The number of ether oxygens (including phenoxy) is 1. The molecule has 4 rings (SSSR count). The number of carbonyl (C=O) groups is 3. The lowest BCUT2D eigenvalue weighted by molar-refractivity contribution is -0.146. The molecule has 1 fully saturated rings. The highest BCUT2D eigenvalue weighted by Gasteiger charge is 2.29. The minimum Gasteiger partial charge on any atom is -0.469 e. The van der Waals surface area contributed by atoms with Gasteiger partial charge in [0.1, 0.15) is 6.54 Å². The molecule has 1 saturated carbocycles. The van der Waals surface area contributed by atoms with Crippen LogP contribution in [0.25, 0.3) is 10.2 Å². The SMILES string of the molecule is CCN(C(=O)Cn1c(C(=O)CC2CCC(C(=O)OC)CC2)cc2sccc21)c1ccc(CO)cc1. The molecule has 2 aromatic heterocycles. The molecule has 8 heteroatoms. The number of hydrogen-bond acceptors (Lipinski definition) is 6. The molecule has 0 atom stereocenters. The zero-order valence-electron chi connectivity index (χ0n) is 20.2. The second kappa shape index (κ2) is 11.2. The Morgan fingerprint density at radius 3 is 2.46 bits per heavy atom. The molecule has 35 heavy (non-hydrogen) atoms. The maximum Gasteiger partial charge on any atom is 0.308 e. The Kier molecular flexibility index (Phi) is 8.03. The van der Waals surface area contributed by atoms with Crippen LogP contribution in [0.4, 0.5) is 5.69 Å². The van der Waals surface area contributed by atoms with Crippen LogP contribution in [0.15, 0.2) is 41.8 Å². The Morgan fingerprint density at radius 2 is 1.83 bits per heavy atom. The molecule has 7 nitrogen and oxygen atoms in total. The Balaban J connectivity index is 1.50. The number of amides is 1. The average molecular weight is 497 g/mol. The van der Waals surface area contributed by atoms with E-state index in [0.717, 1.165) is 47.2 Å². The number of fused-ring (bicyclic) bond motifs is 1. The molecule has 1 aromatic carbocycles. The summed E-state index contributed by atoms with van der Waals surface area (Å²) in [4.78, 5) is 40.2. The Hall–Kier alpha value is -2.97. The number of rotatable bonds is 9. The molecule has 1 aliphatic rings. The number of esters is 1. The summed E-state index contributed by atoms with van der Waals surface area (Å²) in [5.41, 5.74) is 3.02. The summed E-state index contributed by atoms with van der Waals surface area (Å²) in [6.07, 6.45) is 3.57. The molecule has 2 heterocycles. The fraction of sp³-hybridized carbons (Fsp3) is 0.444. The van der Waals surface area contributed by atoms with Crippen molar-refractivity contribution in [3.05, 3.63) is 53.0 Å². The standard InChI is InChI=1S/C27H32N2O5S/c1-3-28(21-10-6-19(17-30)7-11-21)26(32)16-29-22-12-13-35-25(22)15-23(29)24(31)14-18-4-8-20(9-5-18)27(33)34-2/h6-7,10-13,15,18,20,30H,3-5,8-9,14,16-17H2,1-2H3. The highest BCUT2D eigenvalue weighted by Crippen LogP contribution is 2.33. The van der Waals surface area contributed by atoms with Gasteiger partial charge in [-0.3, -0.25) is 14.4 Å². The van der Waals surface area contributed by atoms with E-state index in [4.69, 9.17) is 4.74 Å². The van der Waals surface area contributed by atoms with Gasteiger partial charge in [0.05, 0.1) is 35.5 Å². The van der Waals surface area contributed by atoms with Crippen LogP contribution in [0, 0.1) is 11.8 Å². The number of Topliss-reactive ketones (excluding diaryl/α,β-unsaturated/α-hetero) is 1. The van der Waals surface area contributed by atoms with Gasteiger partial charge >= 0.3 is 5.97 Å². The lowest BCUT2D eigenvalue weighted by Crippen LogP contribution is -2.34. The molecule has 0 spiro atoms. The van der Waals surface area contributed by atoms with Crippen LogP contribution >= 0.6 is 11.3 Å². The predicted molar refractivity (Wildman–Crippen MR) is 137 cm³/mol. The molecular weight excluding hydrogens is 464 g/mol. The molecule has 3 aromatic rings. The maximum atomic E-state index is 13.4. The Bertz CT molecular complexity index is 1190. The third-order valence-corrected chi connectivity index (χ3v) is 7.86. The van der Waals surface area contributed by atoms with Crippen molar-refractivity contribution in [3.8, 4) is 0 Å². The number of likely N-dealkylation sites (N-methyl/N-ethyl adjacent to an activating group) is 1. The van der Waals surface area contributed by atoms with Crippen LogP contribution in [-0.4, -0.2) is 41.0 Å². The zero-order chi connectivity index (χ0) is 24.9. The summed E-state index contributed by atoms with van der Waals surface area (Å²) in [7, 11) is 1.42. The van der Waals surface area contributed by atoms with Gasteiger partial charge in [-0.25, -0.2) is 0 Å². The van der Waals surface area contributed by atoms with Gasteiger partial charge in [-0.05, 0) is 73.7 Å². The molecule has 1 N–H and O–H groups in total. The monoisotopic (exact) mass is 496 g/mol. The van der Waals surface area contributed by atoms with E-state index in [0.29, 0.717) is 18.7 Å².